The molecule has 0 spiro atoms. The van der Waals surface area contributed by atoms with Crippen molar-refractivity contribution >= 4 is 23.4 Å². The smallest absolute Gasteiger partial charge is 0.0364 e. The molecule has 0 N–H and O–H groups in total. The second kappa shape index (κ2) is 6.15. The van der Waals surface area contributed by atoms with Crippen LogP contribution in [0.1, 0.15) is 38.5 Å². The predicted molar refractivity (Wildman–Crippen MR) is 59.2 cm³/mol. The number of hydrogen-bond acceptors (Lipinski definition) is 1. The number of halogens is 1. The Hall–Kier alpha value is 0.640. The van der Waals surface area contributed by atoms with E-state index in [2.05, 4.69) is 6.26 Å². The Labute approximate surface area is 85.4 Å². The number of rotatable bonds is 7. The maximum atomic E-state index is 6.19. The van der Waals surface area contributed by atoms with E-state index in [0.29, 0.717) is 5.38 Å². The summed E-state index contributed by atoms with van der Waals surface area (Å²) >= 11 is 8.13. The first-order valence-corrected chi connectivity index (χ1v) is 6.80. The number of hydrogen-bond donors (Lipinski definition) is 0. The first-order valence-electron chi connectivity index (χ1n) is 4.97. The lowest BCUT2D eigenvalue weighted by molar-refractivity contribution is 0.606. The highest BCUT2D eigenvalue weighted by molar-refractivity contribution is 7.98. The monoisotopic (exact) mass is 206 g/mol. The van der Waals surface area contributed by atoms with Gasteiger partial charge < -0.3 is 0 Å². The number of unbranched alkanes of at least 4 members (excludes halogenated alkanes) is 2. The molecule has 1 aliphatic rings. The van der Waals surface area contributed by atoms with Crippen molar-refractivity contribution in [2.75, 3.05) is 12.0 Å². The Bertz CT molecular complexity index is 112. The quantitative estimate of drug-likeness (QED) is 0.450. The minimum absolute atomic E-state index is 0.499. The van der Waals surface area contributed by atoms with E-state index >= 15 is 0 Å². The fourth-order valence-electron chi connectivity index (χ4n) is 1.46. The van der Waals surface area contributed by atoms with Gasteiger partial charge in [-0.3, -0.25) is 0 Å². The molecule has 1 rings (SSSR count). The first-order chi connectivity index (χ1) is 5.84. The van der Waals surface area contributed by atoms with Crippen molar-refractivity contribution in [1.29, 1.82) is 0 Å². The number of thioether (sulfide) groups is 1. The molecule has 0 aromatic heterocycles. The van der Waals surface area contributed by atoms with Crippen molar-refractivity contribution in [2.24, 2.45) is 5.92 Å². The van der Waals surface area contributed by atoms with E-state index in [4.69, 9.17) is 11.6 Å². The van der Waals surface area contributed by atoms with Crippen molar-refractivity contribution in [1.82, 2.24) is 0 Å². The molecule has 0 heterocycles. The third-order valence-electron chi connectivity index (χ3n) is 2.46. The van der Waals surface area contributed by atoms with Crippen molar-refractivity contribution < 1.29 is 0 Å². The molecule has 1 aliphatic carbocycles. The lowest BCUT2D eigenvalue weighted by Gasteiger charge is -2.06. The molecule has 0 aromatic rings. The Morgan fingerprint density at radius 3 is 2.67 bits per heavy atom. The van der Waals surface area contributed by atoms with Crippen LogP contribution >= 0.6 is 23.4 Å². The molecule has 2 heteroatoms. The highest BCUT2D eigenvalue weighted by Crippen LogP contribution is 2.37. The molecule has 0 aromatic carbocycles. The van der Waals surface area contributed by atoms with Crippen LogP contribution in [-0.2, 0) is 0 Å². The van der Waals surface area contributed by atoms with Crippen molar-refractivity contribution in [3.63, 3.8) is 0 Å². The molecule has 72 valence electrons. The van der Waals surface area contributed by atoms with E-state index in [-0.39, 0.29) is 0 Å². The summed E-state index contributed by atoms with van der Waals surface area (Å²) in [6.45, 7) is 0. The summed E-state index contributed by atoms with van der Waals surface area (Å²) in [6, 6.07) is 0. The standard InChI is InChI=1S/C10H19ClS/c1-12-8-4-2-3-5-10(11)9-6-7-9/h9-10H,2-8H2,1H3. The molecule has 1 atom stereocenters. The average molecular weight is 207 g/mol. The zero-order chi connectivity index (χ0) is 8.81. The van der Waals surface area contributed by atoms with Gasteiger partial charge in [-0.15, -0.1) is 11.6 Å². The number of alkyl halides is 1. The third-order valence-corrected chi connectivity index (χ3v) is 3.73. The molecule has 12 heavy (non-hydrogen) atoms. The molecule has 1 saturated carbocycles. The fourth-order valence-corrected chi connectivity index (χ4v) is 2.36. The van der Waals surface area contributed by atoms with Gasteiger partial charge >= 0.3 is 0 Å². The van der Waals surface area contributed by atoms with Gasteiger partial charge in [0.25, 0.3) is 0 Å². The summed E-state index contributed by atoms with van der Waals surface area (Å²) in [5.41, 5.74) is 0. The van der Waals surface area contributed by atoms with Gasteiger partial charge in [-0.1, -0.05) is 12.8 Å². The Balaban J connectivity index is 1.81. The Morgan fingerprint density at radius 2 is 2.08 bits per heavy atom. The van der Waals surface area contributed by atoms with E-state index in [1.807, 2.05) is 11.8 Å². The molecule has 0 nitrogen and oxygen atoms in total. The van der Waals surface area contributed by atoms with Crippen LogP contribution in [0.2, 0.25) is 0 Å². The third kappa shape index (κ3) is 4.61. The van der Waals surface area contributed by atoms with Gasteiger partial charge in [0.2, 0.25) is 0 Å². The molecular formula is C10H19ClS. The Morgan fingerprint density at radius 1 is 1.33 bits per heavy atom. The highest BCUT2D eigenvalue weighted by Gasteiger charge is 2.28. The van der Waals surface area contributed by atoms with Gasteiger partial charge in [0, 0.05) is 5.38 Å². The SMILES string of the molecule is CSCCCCCC(Cl)C1CC1. The van der Waals surface area contributed by atoms with Crippen LogP contribution < -0.4 is 0 Å². The highest BCUT2D eigenvalue weighted by atomic mass is 35.5. The fraction of sp³-hybridized carbons (Fsp3) is 1.00. The summed E-state index contributed by atoms with van der Waals surface area (Å²) in [6.07, 6.45) is 10.3. The summed E-state index contributed by atoms with van der Waals surface area (Å²) < 4.78 is 0. The van der Waals surface area contributed by atoms with Gasteiger partial charge in [0.15, 0.2) is 0 Å². The van der Waals surface area contributed by atoms with E-state index in [0.717, 1.165) is 5.92 Å². The van der Waals surface area contributed by atoms with Crippen LogP contribution in [0, 0.1) is 5.92 Å². The predicted octanol–water partition coefficient (Wildman–Crippen LogP) is 3.93. The van der Waals surface area contributed by atoms with Crippen LogP contribution in [0.15, 0.2) is 0 Å². The van der Waals surface area contributed by atoms with Crippen molar-refractivity contribution in [2.45, 2.75) is 43.9 Å². The second-order valence-corrected chi connectivity index (χ2v) is 5.24. The minimum atomic E-state index is 0.499. The first kappa shape index (κ1) is 10.7. The van der Waals surface area contributed by atoms with Gasteiger partial charge in [-0.25, -0.2) is 0 Å². The molecule has 0 aliphatic heterocycles. The summed E-state index contributed by atoms with van der Waals surface area (Å²) in [5.74, 6) is 2.20. The summed E-state index contributed by atoms with van der Waals surface area (Å²) in [4.78, 5) is 0. The van der Waals surface area contributed by atoms with E-state index in [1.165, 1.54) is 44.3 Å². The van der Waals surface area contributed by atoms with Crippen molar-refractivity contribution in [3.05, 3.63) is 0 Å². The summed E-state index contributed by atoms with van der Waals surface area (Å²) in [5, 5.41) is 0.499. The zero-order valence-corrected chi connectivity index (χ0v) is 9.46. The molecule has 0 radical (unpaired) electrons. The van der Waals surface area contributed by atoms with Crippen molar-refractivity contribution in [3.8, 4) is 0 Å². The van der Waals surface area contributed by atoms with Gasteiger partial charge in [0.1, 0.15) is 0 Å². The lowest BCUT2D eigenvalue weighted by Crippen LogP contribution is -2.00. The van der Waals surface area contributed by atoms with Gasteiger partial charge in [-0.2, -0.15) is 11.8 Å². The van der Waals surface area contributed by atoms with Crippen LogP contribution in [0.25, 0.3) is 0 Å². The summed E-state index contributed by atoms with van der Waals surface area (Å²) in [7, 11) is 0. The molecule has 0 amide bonds. The van der Waals surface area contributed by atoms with Gasteiger partial charge in [-0.05, 0) is 43.6 Å². The molecular weight excluding hydrogens is 188 g/mol. The average Bonchev–Trinajstić information content (AvgIpc) is 2.86. The lowest BCUT2D eigenvalue weighted by atomic mass is 10.1. The molecule has 1 fully saturated rings. The van der Waals surface area contributed by atoms with Gasteiger partial charge in [0.05, 0.1) is 0 Å². The van der Waals surface area contributed by atoms with E-state index < -0.39 is 0 Å². The molecule has 0 bridgehead atoms. The maximum Gasteiger partial charge on any atom is 0.0364 e. The zero-order valence-electron chi connectivity index (χ0n) is 7.89. The van der Waals surface area contributed by atoms with Crippen LogP contribution in [0.3, 0.4) is 0 Å². The minimum Gasteiger partial charge on any atom is -0.165 e. The molecule has 1 unspecified atom stereocenters. The van der Waals surface area contributed by atoms with E-state index in [9.17, 15) is 0 Å². The van der Waals surface area contributed by atoms with Crippen LogP contribution in [0.4, 0.5) is 0 Å². The second-order valence-electron chi connectivity index (χ2n) is 3.70. The topological polar surface area (TPSA) is 0 Å². The Kier molecular flexibility index (Phi) is 5.49. The normalized spacial score (nSPS) is 19.5. The maximum absolute atomic E-state index is 6.19. The van der Waals surface area contributed by atoms with Crippen LogP contribution in [-0.4, -0.2) is 17.4 Å². The van der Waals surface area contributed by atoms with Crippen LogP contribution in [0.5, 0.6) is 0 Å². The molecule has 0 saturated heterocycles. The largest absolute Gasteiger partial charge is 0.165 e. The van der Waals surface area contributed by atoms with E-state index in [1.54, 1.807) is 0 Å².